The van der Waals surface area contributed by atoms with Crippen LogP contribution >= 0.6 is 34.8 Å². The van der Waals surface area contributed by atoms with Gasteiger partial charge in [-0.1, -0.05) is 40.9 Å². The molecule has 0 amide bonds. The molecule has 0 aliphatic rings. The van der Waals surface area contributed by atoms with Gasteiger partial charge in [0.25, 0.3) is 0 Å². The molecule has 2 N–H and O–H groups in total. The molecule has 0 aliphatic heterocycles. The number of aryl methyl sites for hydroxylation is 1. The van der Waals surface area contributed by atoms with Gasteiger partial charge in [0, 0.05) is 0 Å². The Bertz CT molecular complexity index is 779. The largest absolute Gasteiger partial charge is 0.323 e. The van der Waals surface area contributed by atoms with Crippen molar-refractivity contribution < 1.29 is 0 Å². The number of nitrogens with one attached hydrogen (secondary N) is 2. The van der Waals surface area contributed by atoms with E-state index in [4.69, 9.17) is 34.8 Å². The Labute approximate surface area is 129 Å². The number of aromatic amines is 1. The molecular formula is C12H8Cl3N5. The van der Waals surface area contributed by atoms with Gasteiger partial charge in [-0.15, -0.1) is 0 Å². The number of benzene rings is 1. The molecule has 0 saturated carbocycles. The lowest BCUT2D eigenvalue weighted by Gasteiger charge is -2.06. The van der Waals surface area contributed by atoms with Crippen LogP contribution in [-0.4, -0.2) is 19.9 Å². The van der Waals surface area contributed by atoms with Crippen molar-refractivity contribution in [3.63, 3.8) is 0 Å². The third kappa shape index (κ3) is 2.40. The summed E-state index contributed by atoms with van der Waals surface area (Å²) in [6.07, 6.45) is 0. The third-order valence-electron chi connectivity index (χ3n) is 2.62. The van der Waals surface area contributed by atoms with Crippen LogP contribution in [0.1, 0.15) is 5.82 Å². The van der Waals surface area contributed by atoms with Gasteiger partial charge >= 0.3 is 0 Å². The minimum absolute atomic E-state index is 0.294. The summed E-state index contributed by atoms with van der Waals surface area (Å²) in [5.74, 6) is 1.00. The highest BCUT2D eigenvalue weighted by atomic mass is 35.5. The van der Waals surface area contributed by atoms with Crippen molar-refractivity contribution in [1.82, 2.24) is 19.9 Å². The van der Waals surface area contributed by atoms with Gasteiger partial charge in [-0.25, -0.2) is 15.0 Å². The Morgan fingerprint density at radius 1 is 1.05 bits per heavy atom. The lowest BCUT2D eigenvalue weighted by molar-refractivity contribution is 1.08. The highest BCUT2D eigenvalue weighted by molar-refractivity contribution is 6.39. The molecule has 3 aromatic rings. The van der Waals surface area contributed by atoms with E-state index in [1.807, 2.05) is 0 Å². The summed E-state index contributed by atoms with van der Waals surface area (Å²) < 4.78 is 0. The van der Waals surface area contributed by atoms with Gasteiger partial charge in [-0.2, -0.15) is 0 Å². The maximum atomic E-state index is 6.09. The van der Waals surface area contributed by atoms with Gasteiger partial charge < -0.3 is 10.3 Å². The number of imidazole rings is 1. The van der Waals surface area contributed by atoms with Gasteiger partial charge in [-0.3, -0.25) is 0 Å². The topological polar surface area (TPSA) is 66.5 Å². The van der Waals surface area contributed by atoms with E-state index in [0.717, 1.165) is 0 Å². The van der Waals surface area contributed by atoms with E-state index in [2.05, 4.69) is 25.3 Å². The van der Waals surface area contributed by atoms with E-state index in [1.54, 1.807) is 25.1 Å². The number of hydrogen-bond acceptors (Lipinski definition) is 4. The zero-order chi connectivity index (χ0) is 14.3. The van der Waals surface area contributed by atoms with Crippen LogP contribution in [0.3, 0.4) is 0 Å². The number of anilines is 2. The number of hydrogen-bond donors (Lipinski definition) is 2. The highest BCUT2D eigenvalue weighted by Crippen LogP contribution is 2.32. The van der Waals surface area contributed by atoms with Crippen molar-refractivity contribution in [3.8, 4) is 0 Å². The van der Waals surface area contributed by atoms with Crippen LogP contribution in [0, 0.1) is 6.92 Å². The van der Waals surface area contributed by atoms with Crippen molar-refractivity contribution in [2.24, 2.45) is 0 Å². The van der Waals surface area contributed by atoms with Crippen LogP contribution in [0.25, 0.3) is 11.2 Å². The summed E-state index contributed by atoms with van der Waals surface area (Å²) in [7, 11) is 0. The molecule has 0 saturated heterocycles. The molecular weight excluding hydrogens is 321 g/mol. The minimum atomic E-state index is 0.294. The summed E-state index contributed by atoms with van der Waals surface area (Å²) in [6.45, 7) is 1.75. The van der Waals surface area contributed by atoms with Gasteiger partial charge in [0.05, 0.1) is 15.7 Å². The first kappa shape index (κ1) is 13.4. The Morgan fingerprint density at radius 3 is 2.45 bits per heavy atom. The minimum Gasteiger partial charge on any atom is -0.323 e. The van der Waals surface area contributed by atoms with Gasteiger partial charge in [0.15, 0.2) is 10.8 Å². The van der Waals surface area contributed by atoms with Crippen LogP contribution < -0.4 is 5.32 Å². The molecule has 1 aromatic carbocycles. The van der Waals surface area contributed by atoms with Crippen LogP contribution in [0.15, 0.2) is 18.2 Å². The Kier molecular flexibility index (Phi) is 3.41. The zero-order valence-electron chi connectivity index (χ0n) is 10.2. The number of fused-ring (bicyclic) bond motifs is 1. The summed E-state index contributed by atoms with van der Waals surface area (Å²) in [5.41, 5.74) is 1.60. The van der Waals surface area contributed by atoms with E-state index in [-0.39, 0.29) is 0 Å². The number of rotatable bonds is 2. The monoisotopic (exact) mass is 327 g/mol. The standard InChI is InChI=1S/C12H8Cl3N5/c1-5-16-10(15)9-11(17-5)20-12(19-9)18-8-6(13)3-2-4-7(8)14/h2-4H,1H3,(H2,16,17,18,19,20). The first-order valence-electron chi connectivity index (χ1n) is 5.65. The van der Waals surface area contributed by atoms with Crippen LogP contribution in [0.2, 0.25) is 15.2 Å². The average molecular weight is 329 g/mol. The normalized spacial score (nSPS) is 11.0. The molecule has 2 aromatic heterocycles. The SMILES string of the molecule is Cc1nc(Cl)c2nc(Nc3c(Cl)cccc3Cl)[nH]c2n1. The predicted molar refractivity (Wildman–Crippen MR) is 81.2 cm³/mol. The maximum Gasteiger partial charge on any atom is 0.207 e. The second-order valence-corrected chi connectivity index (χ2v) is 5.24. The first-order valence-corrected chi connectivity index (χ1v) is 6.79. The fourth-order valence-electron chi connectivity index (χ4n) is 1.77. The summed E-state index contributed by atoms with van der Waals surface area (Å²) in [4.78, 5) is 15.6. The van der Waals surface area contributed by atoms with Crippen LogP contribution in [0.5, 0.6) is 0 Å². The molecule has 0 atom stereocenters. The third-order valence-corrected chi connectivity index (χ3v) is 3.51. The first-order chi connectivity index (χ1) is 9.54. The molecule has 102 valence electrons. The molecule has 0 fully saturated rings. The number of nitrogens with zero attached hydrogens (tertiary/aromatic N) is 3. The van der Waals surface area contributed by atoms with Gasteiger partial charge in [-0.05, 0) is 19.1 Å². The van der Waals surface area contributed by atoms with Crippen molar-refractivity contribution in [3.05, 3.63) is 39.2 Å². The molecule has 3 rings (SSSR count). The van der Waals surface area contributed by atoms with Crippen molar-refractivity contribution in [1.29, 1.82) is 0 Å². The van der Waals surface area contributed by atoms with E-state index >= 15 is 0 Å². The number of H-pyrrole nitrogens is 1. The van der Waals surface area contributed by atoms with Gasteiger partial charge in [0.2, 0.25) is 5.95 Å². The predicted octanol–water partition coefficient (Wildman–Crippen LogP) is 4.37. The quantitative estimate of drug-likeness (QED) is 0.686. The number of para-hydroxylation sites is 1. The molecule has 8 heteroatoms. The smallest absolute Gasteiger partial charge is 0.207 e. The molecule has 2 heterocycles. The molecule has 0 spiro atoms. The number of aromatic nitrogens is 4. The van der Waals surface area contributed by atoms with E-state index in [9.17, 15) is 0 Å². The Morgan fingerprint density at radius 2 is 1.75 bits per heavy atom. The molecule has 20 heavy (non-hydrogen) atoms. The Balaban J connectivity index is 2.06. The van der Waals surface area contributed by atoms with E-state index in [1.165, 1.54) is 0 Å². The zero-order valence-corrected chi connectivity index (χ0v) is 12.5. The fourth-order valence-corrected chi connectivity index (χ4v) is 2.51. The lowest BCUT2D eigenvalue weighted by Crippen LogP contribution is -1.94. The summed E-state index contributed by atoms with van der Waals surface area (Å²) >= 11 is 18.2. The number of halogens is 3. The second kappa shape index (κ2) is 5.09. The maximum absolute atomic E-state index is 6.09. The van der Waals surface area contributed by atoms with Crippen LogP contribution in [0.4, 0.5) is 11.6 Å². The Hall–Kier alpha value is -1.56. The van der Waals surface area contributed by atoms with Gasteiger partial charge in [0.1, 0.15) is 11.3 Å². The van der Waals surface area contributed by atoms with Crippen molar-refractivity contribution >= 4 is 57.6 Å². The molecule has 0 unspecified atom stereocenters. The average Bonchev–Trinajstić information content (AvgIpc) is 2.77. The van der Waals surface area contributed by atoms with Crippen molar-refractivity contribution in [2.45, 2.75) is 6.92 Å². The molecule has 0 radical (unpaired) electrons. The highest BCUT2D eigenvalue weighted by Gasteiger charge is 2.12. The van der Waals surface area contributed by atoms with E-state index < -0.39 is 0 Å². The van der Waals surface area contributed by atoms with Crippen LogP contribution in [-0.2, 0) is 0 Å². The molecule has 0 aliphatic carbocycles. The van der Waals surface area contributed by atoms with E-state index in [0.29, 0.717) is 43.8 Å². The molecule has 5 nitrogen and oxygen atoms in total. The summed E-state index contributed by atoms with van der Waals surface area (Å²) in [6, 6.07) is 5.23. The van der Waals surface area contributed by atoms with Crippen molar-refractivity contribution in [2.75, 3.05) is 5.32 Å². The lowest BCUT2D eigenvalue weighted by atomic mass is 10.3. The summed E-state index contributed by atoms with van der Waals surface area (Å²) in [5, 5.41) is 4.30. The fraction of sp³-hybridized carbons (Fsp3) is 0.0833. The second-order valence-electron chi connectivity index (χ2n) is 4.07. The molecule has 0 bridgehead atoms.